The third-order valence-corrected chi connectivity index (χ3v) is 4.40. The van der Waals surface area contributed by atoms with Crippen LogP contribution in [0, 0.1) is 19.8 Å². The van der Waals surface area contributed by atoms with Gasteiger partial charge in [-0.2, -0.15) is 0 Å². The molecule has 2 rings (SSSR count). The number of carbonyl (C=O) groups is 1. The van der Waals surface area contributed by atoms with E-state index < -0.39 is 0 Å². The molecule has 4 nitrogen and oxygen atoms in total. The van der Waals surface area contributed by atoms with Crippen molar-refractivity contribution in [2.75, 3.05) is 32.8 Å². The molecule has 1 heterocycles. The molecule has 0 spiro atoms. The highest BCUT2D eigenvalue weighted by atomic mass is 35.5. The Labute approximate surface area is 146 Å². The Kier molecular flexibility index (Phi) is 8.42. The summed E-state index contributed by atoms with van der Waals surface area (Å²) in [5.74, 6) is 1.64. The number of aryl methyl sites for hydroxylation is 2. The zero-order chi connectivity index (χ0) is 15.9. The Morgan fingerprint density at radius 1 is 1.26 bits per heavy atom. The Bertz CT molecular complexity index is 480. The van der Waals surface area contributed by atoms with Crippen molar-refractivity contribution in [2.45, 2.75) is 33.6 Å². The standard InChI is InChI=1S/C18H28N2O2.ClH/c1-4-19-12-16-8-10-20(11-9-16)17(21)13-22-18-14(2)6-5-7-15(18)3;/h5-7,16,19H,4,8-13H2,1-3H3;1H. The topological polar surface area (TPSA) is 41.6 Å². The predicted molar refractivity (Wildman–Crippen MR) is 96.5 cm³/mol. The zero-order valence-electron chi connectivity index (χ0n) is 14.4. The van der Waals surface area contributed by atoms with Crippen LogP contribution in [-0.4, -0.2) is 43.6 Å². The van der Waals surface area contributed by atoms with Gasteiger partial charge in [-0.3, -0.25) is 4.79 Å². The lowest BCUT2D eigenvalue weighted by Gasteiger charge is -2.32. The monoisotopic (exact) mass is 340 g/mol. The molecule has 1 aromatic rings. The van der Waals surface area contributed by atoms with Crippen molar-refractivity contribution < 1.29 is 9.53 Å². The first kappa shape index (κ1) is 19.8. The number of hydrogen-bond donors (Lipinski definition) is 1. The quantitative estimate of drug-likeness (QED) is 0.865. The summed E-state index contributed by atoms with van der Waals surface area (Å²) in [7, 11) is 0. The molecule has 1 aliphatic heterocycles. The lowest BCUT2D eigenvalue weighted by molar-refractivity contribution is -0.134. The Morgan fingerprint density at radius 2 is 1.87 bits per heavy atom. The van der Waals surface area contributed by atoms with Gasteiger partial charge in [0.05, 0.1) is 0 Å². The molecule has 5 heteroatoms. The van der Waals surface area contributed by atoms with Gasteiger partial charge in [0.1, 0.15) is 5.75 Å². The fourth-order valence-electron chi connectivity index (χ4n) is 2.99. The van der Waals surface area contributed by atoms with Crippen LogP contribution in [-0.2, 0) is 4.79 Å². The minimum absolute atomic E-state index is 0. The summed E-state index contributed by atoms with van der Waals surface area (Å²) in [5.41, 5.74) is 2.16. The van der Waals surface area contributed by atoms with Gasteiger partial charge in [-0.15, -0.1) is 12.4 Å². The molecule has 0 atom stereocenters. The van der Waals surface area contributed by atoms with Crippen molar-refractivity contribution in [1.82, 2.24) is 10.2 Å². The average molecular weight is 341 g/mol. The van der Waals surface area contributed by atoms with Crippen LogP contribution in [0.15, 0.2) is 18.2 Å². The maximum absolute atomic E-state index is 12.3. The molecule has 0 bridgehead atoms. The molecule has 0 aromatic heterocycles. The molecule has 1 N–H and O–H groups in total. The number of amides is 1. The van der Waals surface area contributed by atoms with Gasteiger partial charge >= 0.3 is 0 Å². The third-order valence-electron chi connectivity index (χ3n) is 4.40. The molecule has 1 aliphatic rings. The minimum Gasteiger partial charge on any atom is -0.483 e. The van der Waals surface area contributed by atoms with Gasteiger partial charge in [-0.1, -0.05) is 25.1 Å². The summed E-state index contributed by atoms with van der Waals surface area (Å²) in [6.07, 6.45) is 2.17. The molecule has 0 saturated carbocycles. The van der Waals surface area contributed by atoms with Gasteiger partial charge in [0.15, 0.2) is 6.61 Å². The number of halogens is 1. The smallest absolute Gasteiger partial charge is 0.260 e. The molecular formula is C18H29ClN2O2. The van der Waals surface area contributed by atoms with Crippen LogP contribution in [0.3, 0.4) is 0 Å². The highest BCUT2D eigenvalue weighted by molar-refractivity contribution is 5.85. The van der Waals surface area contributed by atoms with Crippen LogP contribution < -0.4 is 10.1 Å². The van der Waals surface area contributed by atoms with Gasteiger partial charge in [0, 0.05) is 13.1 Å². The number of carbonyl (C=O) groups excluding carboxylic acids is 1. The number of benzene rings is 1. The van der Waals surface area contributed by atoms with E-state index in [4.69, 9.17) is 4.74 Å². The summed E-state index contributed by atoms with van der Waals surface area (Å²) in [6.45, 7) is 10.1. The number of nitrogens with one attached hydrogen (secondary N) is 1. The van der Waals surface area contributed by atoms with Crippen LogP contribution >= 0.6 is 12.4 Å². The SMILES string of the molecule is CCNCC1CCN(C(=O)COc2c(C)cccc2C)CC1.Cl. The van der Waals surface area contributed by atoms with Crippen molar-refractivity contribution in [1.29, 1.82) is 0 Å². The summed E-state index contributed by atoms with van der Waals surface area (Å²) in [5, 5.41) is 3.39. The van der Waals surface area contributed by atoms with Crippen molar-refractivity contribution in [2.24, 2.45) is 5.92 Å². The second-order valence-electron chi connectivity index (χ2n) is 6.14. The van der Waals surface area contributed by atoms with E-state index in [2.05, 4.69) is 12.2 Å². The summed E-state index contributed by atoms with van der Waals surface area (Å²) in [6, 6.07) is 6.03. The van der Waals surface area contributed by atoms with Gasteiger partial charge < -0.3 is 15.0 Å². The largest absolute Gasteiger partial charge is 0.483 e. The Hall–Kier alpha value is -1.26. The average Bonchev–Trinajstić information content (AvgIpc) is 2.52. The van der Waals surface area contributed by atoms with E-state index in [1.807, 2.05) is 36.9 Å². The van der Waals surface area contributed by atoms with E-state index in [0.717, 1.165) is 55.9 Å². The molecule has 130 valence electrons. The molecule has 0 unspecified atom stereocenters. The number of para-hydroxylation sites is 1. The molecule has 1 aromatic carbocycles. The molecule has 0 aliphatic carbocycles. The molecular weight excluding hydrogens is 312 g/mol. The van der Waals surface area contributed by atoms with Crippen LogP contribution in [0.5, 0.6) is 5.75 Å². The first-order valence-electron chi connectivity index (χ1n) is 8.29. The zero-order valence-corrected chi connectivity index (χ0v) is 15.2. The van der Waals surface area contributed by atoms with Gasteiger partial charge in [0.2, 0.25) is 0 Å². The summed E-state index contributed by atoms with van der Waals surface area (Å²) < 4.78 is 5.77. The summed E-state index contributed by atoms with van der Waals surface area (Å²) >= 11 is 0. The van der Waals surface area contributed by atoms with Gasteiger partial charge in [-0.05, 0) is 56.8 Å². The lowest BCUT2D eigenvalue weighted by atomic mass is 9.97. The predicted octanol–water partition coefficient (Wildman–Crippen LogP) is 2.95. The number of likely N-dealkylation sites (tertiary alicyclic amines) is 1. The molecule has 1 amide bonds. The number of hydrogen-bond acceptors (Lipinski definition) is 3. The van der Waals surface area contributed by atoms with Crippen molar-refractivity contribution in [3.63, 3.8) is 0 Å². The van der Waals surface area contributed by atoms with E-state index >= 15 is 0 Å². The normalized spacial score (nSPS) is 15.2. The second-order valence-corrected chi connectivity index (χ2v) is 6.14. The van der Waals surface area contributed by atoms with Gasteiger partial charge in [-0.25, -0.2) is 0 Å². The van der Waals surface area contributed by atoms with Crippen LogP contribution in [0.25, 0.3) is 0 Å². The Balaban J connectivity index is 0.00000264. The fraction of sp³-hybridized carbons (Fsp3) is 0.611. The maximum atomic E-state index is 12.3. The van der Waals surface area contributed by atoms with E-state index in [9.17, 15) is 4.79 Å². The van der Waals surface area contributed by atoms with Crippen LogP contribution in [0.1, 0.15) is 30.9 Å². The number of rotatable bonds is 6. The lowest BCUT2D eigenvalue weighted by Crippen LogP contribution is -2.42. The number of ether oxygens (including phenoxy) is 1. The van der Waals surface area contributed by atoms with Crippen LogP contribution in [0.4, 0.5) is 0 Å². The molecule has 1 saturated heterocycles. The highest BCUT2D eigenvalue weighted by Gasteiger charge is 2.22. The maximum Gasteiger partial charge on any atom is 0.260 e. The summed E-state index contributed by atoms with van der Waals surface area (Å²) in [4.78, 5) is 14.2. The first-order valence-corrected chi connectivity index (χ1v) is 8.29. The number of piperidine rings is 1. The number of nitrogens with zero attached hydrogens (tertiary/aromatic N) is 1. The first-order chi connectivity index (χ1) is 10.6. The molecule has 23 heavy (non-hydrogen) atoms. The van der Waals surface area contributed by atoms with Crippen molar-refractivity contribution in [3.05, 3.63) is 29.3 Å². The van der Waals surface area contributed by atoms with Crippen LogP contribution in [0.2, 0.25) is 0 Å². The molecule has 1 fully saturated rings. The third kappa shape index (κ3) is 5.70. The fourth-order valence-corrected chi connectivity index (χ4v) is 2.99. The van der Waals surface area contributed by atoms with Gasteiger partial charge in [0.25, 0.3) is 5.91 Å². The van der Waals surface area contributed by atoms with E-state index in [0.29, 0.717) is 5.92 Å². The van der Waals surface area contributed by atoms with E-state index in [1.54, 1.807) is 0 Å². The van der Waals surface area contributed by atoms with E-state index in [1.165, 1.54) is 0 Å². The Morgan fingerprint density at radius 3 is 2.43 bits per heavy atom. The van der Waals surface area contributed by atoms with E-state index in [-0.39, 0.29) is 24.9 Å². The minimum atomic E-state index is 0. The molecule has 0 radical (unpaired) electrons. The van der Waals surface area contributed by atoms with Crippen molar-refractivity contribution in [3.8, 4) is 5.75 Å². The van der Waals surface area contributed by atoms with Crippen molar-refractivity contribution >= 4 is 18.3 Å². The second kappa shape index (κ2) is 9.78. The highest BCUT2D eigenvalue weighted by Crippen LogP contribution is 2.22.